The second-order valence-corrected chi connectivity index (χ2v) is 17.2. The molecule has 2 aromatic carbocycles. The van der Waals surface area contributed by atoms with Crippen molar-refractivity contribution in [3.05, 3.63) is 95.3 Å². The van der Waals surface area contributed by atoms with Crippen LogP contribution in [0.1, 0.15) is 101 Å². The predicted octanol–water partition coefficient (Wildman–Crippen LogP) is 5.42. The van der Waals surface area contributed by atoms with Crippen LogP contribution in [0.15, 0.2) is 78.0 Å². The molecule has 3 fully saturated rings. The number of hydrogen-bond acceptors (Lipinski definition) is 10. The molecule has 0 saturated carbocycles. The van der Waals surface area contributed by atoms with Gasteiger partial charge in [0.05, 0.1) is 11.1 Å². The van der Waals surface area contributed by atoms with E-state index < -0.39 is 23.8 Å². The Hall–Kier alpha value is -5.34. The summed E-state index contributed by atoms with van der Waals surface area (Å²) in [6.45, 7) is 7.20. The highest BCUT2D eigenvalue weighted by Crippen LogP contribution is 2.32. The molecule has 316 valence electrons. The number of carbonyl (C=O) groups is 6. The van der Waals surface area contributed by atoms with Gasteiger partial charge in [0.25, 0.3) is 17.7 Å². The highest BCUT2D eigenvalue weighted by atomic mass is 32.2. The number of amides is 6. The fraction of sp³-hybridized carbons (Fsp3) is 0.457. The Kier molecular flexibility index (Phi) is 14.8. The van der Waals surface area contributed by atoms with E-state index in [0.717, 1.165) is 130 Å². The second-order valence-electron chi connectivity index (χ2n) is 16.1. The Morgan fingerprint density at radius 3 is 2.37 bits per heavy atom. The largest absolute Gasteiger partial charge is 0.369 e. The van der Waals surface area contributed by atoms with Gasteiger partial charge in [-0.3, -0.25) is 48.9 Å². The van der Waals surface area contributed by atoms with Crippen molar-refractivity contribution in [2.75, 3.05) is 63.0 Å². The first-order valence-electron chi connectivity index (χ1n) is 21.4. The first-order chi connectivity index (χ1) is 29.2. The van der Waals surface area contributed by atoms with Crippen LogP contribution in [-0.4, -0.2) is 119 Å². The van der Waals surface area contributed by atoms with E-state index >= 15 is 0 Å². The molecule has 3 aromatic rings. The number of nitrogens with one attached hydrogen (secondary N) is 2. The third-order valence-electron chi connectivity index (χ3n) is 12.0. The van der Waals surface area contributed by atoms with Crippen LogP contribution >= 0.6 is 11.8 Å². The maximum atomic E-state index is 13.3. The van der Waals surface area contributed by atoms with Gasteiger partial charge in [-0.2, -0.15) is 0 Å². The Morgan fingerprint density at radius 1 is 0.833 bits per heavy atom. The van der Waals surface area contributed by atoms with Crippen molar-refractivity contribution in [1.29, 1.82) is 0 Å². The molecule has 60 heavy (non-hydrogen) atoms. The van der Waals surface area contributed by atoms with Gasteiger partial charge in [-0.1, -0.05) is 25.3 Å². The molecule has 4 aliphatic rings. The molecule has 6 amide bonds. The number of hydrogen-bond donors (Lipinski definition) is 2. The van der Waals surface area contributed by atoms with Crippen LogP contribution < -0.4 is 15.5 Å². The third kappa shape index (κ3) is 11.1. The van der Waals surface area contributed by atoms with Crippen LogP contribution in [0.5, 0.6) is 0 Å². The van der Waals surface area contributed by atoms with Gasteiger partial charge in [0.2, 0.25) is 17.7 Å². The molecule has 5 heterocycles. The monoisotopic (exact) mass is 833 g/mol. The Morgan fingerprint density at radius 2 is 1.62 bits per heavy atom. The van der Waals surface area contributed by atoms with E-state index in [-0.39, 0.29) is 30.6 Å². The van der Waals surface area contributed by atoms with Gasteiger partial charge in [0.15, 0.2) is 0 Å². The minimum absolute atomic E-state index is 0.0876. The van der Waals surface area contributed by atoms with Crippen LogP contribution in [0.25, 0.3) is 6.08 Å². The SMILES string of the molecule is O=C(/C=C/c1cccnc1)NCCCCC1CCN(C(=O)c2ccc(N3CCN(CCCCCSc4ccc5c(c4)C(=O)N(C4CCC(=O)NC4=O)C5=O)CC3)cc2)CC1. The van der Waals surface area contributed by atoms with Crippen molar-refractivity contribution in [3.8, 4) is 0 Å². The number of carbonyl (C=O) groups excluding carboxylic acids is 6. The summed E-state index contributed by atoms with van der Waals surface area (Å²) in [6, 6.07) is 16.2. The smallest absolute Gasteiger partial charge is 0.262 e. The summed E-state index contributed by atoms with van der Waals surface area (Å²) in [4.78, 5) is 88.3. The van der Waals surface area contributed by atoms with Crippen LogP contribution in [0, 0.1) is 5.92 Å². The van der Waals surface area contributed by atoms with Crippen molar-refractivity contribution in [2.24, 2.45) is 5.92 Å². The van der Waals surface area contributed by atoms with E-state index in [1.54, 1.807) is 48.4 Å². The van der Waals surface area contributed by atoms with E-state index in [4.69, 9.17) is 0 Å². The van der Waals surface area contributed by atoms with Gasteiger partial charge in [0, 0.05) is 86.9 Å². The van der Waals surface area contributed by atoms with Crippen LogP contribution in [-0.2, 0) is 14.4 Å². The van der Waals surface area contributed by atoms with Gasteiger partial charge in [0.1, 0.15) is 6.04 Å². The lowest BCUT2D eigenvalue weighted by Gasteiger charge is -2.36. The Labute approximate surface area is 356 Å². The molecule has 7 rings (SSSR count). The fourth-order valence-corrected chi connectivity index (χ4v) is 9.42. The van der Waals surface area contributed by atoms with E-state index in [9.17, 15) is 28.8 Å². The number of benzene rings is 2. The lowest BCUT2D eigenvalue weighted by Crippen LogP contribution is -2.54. The molecule has 1 unspecified atom stereocenters. The van der Waals surface area contributed by atoms with E-state index in [2.05, 4.69) is 37.6 Å². The number of nitrogens with zero attached hydrogens (tertiary/aromatic N) is 5. The van der Waals surface area contributed by atoms with Crippen molar-refractivity contribution in [2.45, 2.75) is 75.1 Å². The number of likely N-dealkylation sites (tertiary alicyclic amines) is 1. The minimum Gasteiger partial charge on any atom is -0.369 e. The number of imide groups is 2. The van der Waals surface area contributed by atoms with Gasteiger partial charge < -0.3 is 15.1 Å². The van der Waals surface area contributed by atoms with Crippen LogP contribution in [0.3, 0.4) is 0 Å². The van der Waals surface area contributed by atoms with Crippen LogP contribution in [0.2, 0.25) is 0 Å². The summed E-state index contributed by atoms with van der Waals surface area (Å²) in [7, 11) is 0. The van der Waals surface area contributed by atoms with Crippen molar-refractivity contribution >= 4 is 59.0 Å². The molecule has 0 aliphatic carbocycles. The average Bonchev–Trinajstić information content (AvgIpc) is 3.52. The second kappa shape index (κ2) is 20.8. The summed E-state index contributed by atoms with van der Waals surface area (Å²) >= 11 is 1.66. The molecule has 1 aromatic heterocycles. The summed E-state index contributed by atoms with van der Waals surface area (Å²) < 4.78 is 0. The number of fused-ring (bicyclic) bond motifs is 1. The zero-order chi connectivity index (χ0) is 41.8. The number of piperazine rings is 1. The number of pyridine rings is 1. The molecule has 2 N–H and O–H groups in total. The number of unbranched alkanes of at least 4 members (excludes halogenated alkanes) is 3. The molecule has 1 atom stereocenters. The molecule has 0 spiro atoms. The molecule has 3 saturated heterocycles. The van der Waals surface area contributed by atoms with Gasteiger partial charge in [-0.25, -0.2) is 0 Å². The van der Waals surface area contributed by atoms with E-state index in [1.807, 2.05) is 35.2 Å². The zero-order valence-corrected chi connectivity index (χ0v) is 35.0. The van der Waals surface area contributed by atoms with E-state index in [1.165, 1.54) is 0 Å². The van der Waals surface area contributed by atoms with Crippen molar-refractivity contribution < 1.29 is 28.8 Å². The topological polar surface area (TPSA) is 152 Å². The van der Waals surface area contributed by atoms with Crippen molar-refractivity contribution in [3.63, 3.8) is 0 Å². The van der Waals surface area contributed by atoms with Crippen LogP contribution in [0.4, 0.5) is 5.69 Å². The summed E-state index contributed by atoms with van der Waals surface area (Å²) in [6.07, 6.45) is 15.4. The Bertz CT molecular complexity index is 2050. The molecule has 13 nitrogen and oxygen atoms in total. The standard InChI is InChI=1S/C46H55N7O6S/c54-41(17-9-34-8-6-21-47-32-34)48-22-3-2-7-33-19-24-52(25-20-33)44(57)35-10-12-36(13-11-35)51-28-26-50(27-29-51)23-4-1-5-30-60-37-14-15-38-39(31-37)46(59)53(45(38)58)40-16-18-42(55)49-43(40)56/h6,8-15,17,21,31-33,40H,1-5,7,16,18-20,22-30H2,(H,48,54)(H,49,55,56)/b17-9+. The summed E-state index contributed by atoms with van der Waals surface area (Å²) in [5.74, 6) is -0.400. The molecule has 0 bridgehead atoms. The van der Waals surface area contributed by atoms with Gasteiger partial charge in [-0.05, 0) is 117 Å². The minimum atomic E-state index is -0.955. The average molecular weight is 834 g/mol. The summed E-state index contributed by atoms with van der Waals surface area (Å²) in [5, 5.41) is 5.19. The number of aromatic nitrogens is 1. The quantitative estimate of drug-likeness (QED) is 0.0781. The molecular weight excluding hydrogens is 779 g/mol. The lowest BCUT2D eigenvalue weighted by atomic mass is 9.91. The third-order valence-corrected chi connectivity index (χ3v) is 13.1. The maximum absolute atomic E-state index is 13.3. The number of thioether (sulfide) groups is 1. The first-order valence-corrected chi connectivity index (χ1v) is 22.4. The predicted molar refractivity (Wildman–Crippen MR) is 232 cm³/mol. The van der Waals surface area contributed by atoms with Gasteiger partial charge in [-0.15, -0.1) is 11.8 Å². The van der Waals surface area contributed by atoms with Gasteiger partial charge >= 0.3 is 0 Å². The highest BCUT2D eigenvalue weighted by Gasteiger charge is 2.44. The fourth-order valence-electron chi connectivity index (χ4n) is 8.47. The highest BCUT2D eigenvalue weighted by molar-refractivity contribution is 7.99. The van der Waals surface area contributed by atoms with E-state index in [0.29, 0.717) is 23.6 Å². The maximum Gasteiger partial charge on any atom is 0.262 e. The lowest BCUT2D eigenvalue weighted by molar-refractivity contribution is -0.136. The molecule has 14 heteroatoms. The number of rotatable bonds is 17. The Balaban J connectivity index is 0.733. The number of piperidine rings is 2. The normalized spacial score (nSPS) is 18.9. The molecule has 0 radical (unpaired) electrons. The molecular formula is C46H55N7O6S. The molecule has 4 aliphatic heterocycles. The zero-order valence-electron chi connectivity index (χ0n) is 34.2. The first kappa shape index (κ1) is 42.8. The summed E-state index contributed by atoms with van der Waals surface area (Å²) in [5.41, 5.74) is 3.43. The number of anilines is 1. The van der Waals surface area contributed by atoms with Crippen molar-refractivity contribution in [1.82, 2.24) is 30.3 Å².